The smallest absolute Gasteiger partial charge is 0.269 e. The number of rotatable bonds is 5. The average Bonchev–Trinajstić information content (AvgIpc) is 2.85. The van der Waals surface area contributed by atoms with Crippen LogP contribution in [0.15, 0.2) is 30.6 Å². The maximum absolute atomic E-state index is 10.7. The molecule has 1 aromatic carbocycles. The van der Waals surface area contributed by atoms with Crippen molar-refractivity contribution in [3.05, 3.63) is 51.8 Å². The zero-order valence-electron chi connectivity index (χ0n) is 11.0. The van der Waals surface area contributed by atoms with Crippen LogP contribution < -0.4 is 5.32 Å². The van der Waals surface area contributed by atoms with Gasteiger partial charge in [-0.1, -0.05) is 0 Å². The van der Waals surface area contributed by atoms with Crippen LogP contribution in [0.4, 0.5) is 11.4 Å². The maximum atomic E-state index is 10.7. The quantitative estimate of drug-likeness (QED) is 0.662. The van der Waals surface area contributed by atoms with E-state index in [9.17, 15) is 10.1 Å². The molecule has 2 rings (SSSR count). The molecule has 6 heteroatoms. The van der Waals surface area contributed by atoms with Crippen molar-refractivity contribution in [1.29, 1.82) is 0 Å². The number of nitro groups is 1. The Labute approximate surface area is 111 Å². The SMILES string of the molecule is CCn1cc(CNc2ccc([N+](=O)[O-])cc2C)cn1. The molecule has 0 unspecified atom stereocenters. The molecule has 0 amide bonds. The molecular weight excluding hydrogens is 244 g/mol. The van der Waals surface area contributed by atoms with Gasteiger partial charge in [-0.3, -0.25) is 14.8 Å². The molecule has 0 atom stereocenters. The molecule has 6 nitrogen and oxygen atoms in total. The third-order valence-corrected chi connectivity index (χ3v) is 2.91. The first-order valence-corrected chi connectivity index (χ1v) is 6.10. The Bertz CT molecular complexity index is 592. The van der Waals surface area contributed by atoms with Gasteiger partial charge < -0.3 is 5.32 Å². The van der Waals surface area contributed by atoms with Crippen molar-refractivity contribution >= 4 is 11.4 Å². The number of nitrogens with zero attached hydrogens (tertiary/aromatic N) is 3. The van der Waals surface area contributed by atoms with Gasteiger partial charge in [-0.15, -0.1) is 0 Å². The van der Waals surface area contributed by atoms with E-state index >= 15 is 0 Å². The molecule has 1 N–H and O–H groups in total. The van der Waals surface area contributed by atoms with E-state index in [-0.39, 0.29) is 10.6 Å². The van der Waals surface area contributed by atoms with E-state index in [0.29, 0.717) is 6.54 Å². The predicted octanol–water partition coefficient (Wildman–Crippen LogP) is 2.73. The first-order valence-electron chi connectivity index (χ1n) is 6.10. The number of hydrogen-bond acceptors (Lipinski definition) is 4. The second-order valence-electron chi connectivity index (χ2n) is 4.31. The molecule has 0 saturated heterocycles. The molecule has 0 aliphatic heterocycles. The highest BCUT2D eigenvalue weighted by atomic mass is 16.6. The van der Waals surface area contributed by atoms with Crippen LogP contribution in [-0.4, -0.2) is 14.7 Å². The largest absolute Gasteiger partial charge is 0.381 e. The van der Waals surface area contributed by atoms with Gasteiger partial charge in [0.05, 0.1) is 11.1 Å². The van der Waals surface area contributed by atoms with Crippen LogP contribution >= 0.6 is 0 Å². The van der Waals surface area contributed by atoms with E-state index in [1.807, 2.05) is 30.9 Å². The van der Waals surface area contributed by atoms with Gasteiger partial charge in [0.2, 0.25) is 0 Å². The van der Waals surface area contributed by atoms with Gasteiger partial charge in [0.1, 0.15) is 0 Å². The van der Waals surface area contributed by atoms with Crippen LogP contribution in [0.5, 0.6) is 0 Å². The number of anilines is 1. The minimum Gasteiger partial charge on any atom is -0.381 e. The lowest BCUT2D eigenvalue weighted by molar-refractivity contribution is -0.384. The standard InChI is InChI=1S/C13H16N4O2/c1-3-16-9-11(8-15-16)7-14-13-5-4-12(17(18)19)6-10(13)2/h4-6,8-9,14H,3,7H2,1-2H3. The molecular formula is C13H16N4O2. The topological polar surface area (TPSA) is 73.0 Å². The zero-order chi connectivity index (χ0) is 13.8. The van der Waals surface area contributed by atoms with Gasteiger partial charge in [0, 0.05) is 42.7 Å². The van der Waals surface area contributed by atoms with Crippen molar-refractivity contribution < 1.29 is 4.92 Å². The third-order valence-electron chi connectivity index (χ3n) is 2.91. The van der Waals surface area contributed by atoms with E-state index in [4.69, 9.17) is 0 Å². The Kier molecular flexibility index (Phi) is 3.79. The summed E-state index contributed by atoms with van der Waals surface area (Å²) in [5.41, 5.74) is 2.95. The molecule has 0 saturated carbocycles. The second-order valence-corrected chi connectivity index (χ2v) is 4.31. The third kappa shape index (κ3) is 3.09. The molecule has 0 aliphatic rings. The van der Waals surface area contributed by atoms with Crippen LogP contribution in [0.1, 0.15) is 18.1 Å². The van der Waals surface area contributed by atoms with Crippen LogP contribution in [0.3, 0.4) is 0 Å². The summed E-state index contributed by atoms with van der Waals surface area (Å²) in [6.45, 7) is 5.38. The van der Waals surface area contributed by atoms with Gasteiger partial charge in [-0.05, 0) is 25.5 Å². The average molecular weight is 260 g/mol. The van der Waals surface area contributed by atoms with Gasteiger partial charge in [0.25, 0.3) is 5.69 Å². The van der Waals surface area contributed by atoms with Crippen LogP contribution in [0, 0.1) is 17.0 Å². The molecule has 0 aliphatic carbocycles. The molecule has 100 valence electrons. The fourth-order valence-corrected chi connectivity index (χ4v) is 1.83. The van der Waals surface area contributed by atoms with Crippen molar-refractivity contribution in [2.75, 3.05) is 5.32 Å². The summed E-state index contributed by atoms with van der Waals surface area (Å²) in [4.78, 5) is 10.3. The second kappa shape index (κ2) is 5.51. The first kappa shape index (κ1) is 13.1. The molecule has 2 aromatic rings. The van der Waals surface area contributed by atoms with Gasteiger partial charge >= 0.3 is 0 Å². The van der Waals surface area contributed by atoms with Crippen molar-refractivity contribution in [2.24, 2.45) is 0 Å². The lowest BCUT2D eigenvalue weighted by atomic mass is 10.1. The van der Waals surface area contributed by atoms with Crippen LogP contribution in [0.25, 0.3) is 0 Å². The minimum absolute atomic E-state index is 0.113. The molecule has 1 aromatic heterocycles. The van der Waals surface area contributed by atoms with Crippen LogP contribution in [0.2, 0.25) is 0 Å². The van der Waals surface area contributed by atoms with Crippen LogP contribution in [-0.2, 0) is 13.1 Å². The number of non-ortho nitro benzene ring substituents is 1. The van der Waals surface area contributed by atoms with E-state index < -0.39 is 0 Å². The van der Waals surface area contributed by atoms with Crippen molar-refractivity contribution in [1.82, 2.24) is 9.78 Å². The fourth-order valence-electron chi connectivity index (χ4n) is 1.83. The fraction of sp³-hybridized carbons (Fsp3) is 0.308. The molecule has 0 radical (unpaired) electrons. The normalized spacial score (nSPS) is 10.4. The summed E-state index contributed by atoms with van der Waals surface area (Å²) >= 11 is 0. The molecule has 19 heavy (non-hydrogen) atoms. The molecule has 0 spiro atoms. The van der Waals surface area contributed by atoms with E-state index in [1.165, 1.54) is 6.07 Å². The molecule has 0 fully saturated rings. The Hall–Kier alpha value is -2.37. The zero-order valence-corrected chi connectivity index (χ0v) is 11.0. The monoisotopic (exact) mass is 260 g/mol. The van der Waals surface area contributed by atoms with E-state index in [2.05, 4.69) is 10.4 Å². The summed E-state index contributed by atoms with van der Waals surface area (Å²) in [6, 6.07) is 4.81. The Morgan fingerprint density at radius 2 is 2.26 bits per heavy atom. The maximum Gasteiger partial charge on any atom is 0.269 e. The predicted molar refractivity (Wildman–Crippen MR) is 73.1 cm³/mol. The van der Waals surface area contributed by atoms with Crippen molar-refractivity contribution in [3.8, 4) is 0 Å². The Morgan fingerprint density at radius 1 is 1.47 bits per heavy atom. The molecule has 1 heterocycles. The minimum atomic E-state index is -0.387. The van der Waals surface area contributed by atoms with Gasteiger partial charge in [-0.2, -0.15) is 5.10 Å². The van der Waals surface area contributed by atoms with E-state index in [1.54, 1.807) is 12.1 Å². The lowest BCUT2D eigenvalue weighted by Crippen LogP contribution is -2.01. The van der Waals surface area contributed by atoms with Gasteiger partial charge in [-0.25, -0.2) is 0 Å². The van der Waals surface area contributed by atoms with Crippen molar-refractivity contribution in [2.45, 2.75) is 26.9 Å². The summed E-state index contributed by atoms with van der Waals surface area (Å²) in [6.07, 6.45) is 3.80. The number of benzene rings is 1. The highest BCUT2D eigenvalue weighted by Crippen LogP contribution is 2.21. The lowest BCUT2D eigenvalue weighted by Gasteiger charge is -2.08. The Morgan fingerprint density at radius 3 is 2.84 bits per heavy atom. The van der Waals surface area contributed by atoms with Gasteiger partial charge in [0.15, 0.2) is 0 Å². The first-order chi connectivity index (χ1) is 9.10. The summed E-state index contributed by atoms with van der Waals surface area (Å²) in [5.74, 6) is 0. The number of nitro benzene ring substituents is 1. The summed E-state index contributed by atoms with van der Waals surface area (Å²) in [5, 5.41) is 18.1. The highest BCUT2D eigenvalue weighted by Gasteiger charge is 2.07. The highest BCUT2D eigenvalue weighted by molar-refractivity contribution is 5.55. The number of aryl methyl sites for hydroxylation is 2. The summed E-state index contributed by atoms with van der Waals surface area (Å²) < 4.78 is 1.86. The number of aromatic nitrogens is 2. The Balaban J connectivity index is 2.05. The molecule has 0 bridgehead atoms. The number of nitrogens with one attached hydrogen (secondary N) is 1. The number of hydrogen-bond donors (Lipinski definition) is 1. The summed E-state index contributed by atoms with van der Waals surface area (Å²) in [7, 11) is 0. The van der Waals surface area contributed by atoms with Crippen molar-refractivity contribution in [3.63, 3.8) is 0 Å². The van der Waals surface area contributed by atoms with E-state index in [0.717, 1.165) is 23.4 Å².